The molecule has 7 heteroatoms. The van der Waals surface area contributed by atoms with Crippen LogP contribution in [0.25, 0.3) is 0 Å². The summed E-state index contributed by atoms with van der Waals surface area (Å²) in [5, 5.41) is 0.797. The number of piperidine rings is 1. The summed E-state index contributed by atoms with van der Waals surface area (Å²) in [6.45, 7) is 2.16. The van der Waals surface area contributed by atoms with Crippen LogP contribution in [-0.4, -0.2) is 19.0 Å². The number of hydrogen-bond acceptors (Lipinski definition) is 4. The van der Waals surface area contributed by atoms with Gasteiger partial charge in [-0.3, -0.25) is 4.79 Å². The summed E-state index contributed by atoms with van der Waals surface area (Å²) in [4.78, 5) is 17.3. The van der Waals surface area contributed by atoms with Gasteiger partial charge in [0.15, 0.2) is 0 Å². The first-order valence-electron chi connectivity index (χ1n) is 11.6. The monoisotopic (exact) mass is 492 g/mol. The number of nitrogen functional groups attached to an aromatic ring is 1. The molecule has 1 aliphatic carbocycles. The van der Waals surface area contributed by atoms with Gasteiger partial charge >= 0.3 is 0 Å². The van der Waals surface area contributed by atoms with Gasteiger partial charge in [-0.25, -0.2) is 0 Å². The van der Waals surface area contributed by atoms with Crippen LogP contribution < -0.4 is 21.3 Å². The molecule has 174 valence electrons. The van der Waals surface area contributed by atoms with Crippen LogP contribution in [0.2, 0.25) is 10.0 Å². The molecule has 34 heavy (non-hydrogen) atoms. The molecule has 3 aromatic carbocycles. The van der Waals surface area contributed by atoms with Crippen molar-refractivity contribution in [1.82, 2.24) is 0 Å². The van der Waals surface area contributed by atoms with Crippen molar-refractivity contribution < 1.29 is 4.79 Å². The third kappa shape index (κ3) is 3.22. The Morgan fingerprint density at radius 3 is 2.53 bits per heavy atom. The fourth-order valence-corrected chi connectivity index (χ4v) is 6.41. The van der Waals surface area contributed by atoms with E-state index in [1.54, 1.807) is 17.0 Å². The molecule has 0 radical (unpaired) electrons. The maximum absolute atomic E-state index is 13.4. The van der Waals surface area contributed by atoms with Crippen molar-refractivity contribution in [3.05, 3.63) is 86.9 Å². The summed E-state index contributed by atoms with van der Waals surface area (Å²) in [6, 6.07) is 17.9. The average molecular weight is 493 g/mol. The topological polar surface area (TPSA) is 75.6 Å². The summed E-state index contributed by atoms with van der Waals surface area (Å²) < 4.78 is 0. The molecule has 6 rings (SSSR count). The molecular formula is C27H26Cl2N4O. The van der Waals surface area contributed by atoms with Crippen LogP contribution in [0.3, 0.4) is 0 Å². The summed E-state index contributed by atoms with van der Waals surface area (Å²) in [7, 11) is 0. The van der Waals surface area contributed by atoms with Gasteiger partial charge in [-0.15, -0.1) is 0 Å². The van der Waals surface area contributed by atoms with E-state index in [1.807, 2.05) is 18.2 Å². The highest BCUT2D eigenvalue weighted by Gasteiger charge is 2.46. The van der Waals surface area contributed by atoms with E-state index >= 15 is 0 Å². The average Bonchev–Trinajstić information content (AvgIpc) is 3.31. The maximum atomic E-state index is 13.4. The number of halogens is 2. The van der Waals surface area contributed by atoms with Crippen LogP contribution in [0.5, 0.6) is 0 Å². The predicted molar refractivity (Wildman–Crippen MR) is 139 cm³/mol. The van der Waals surface area contributed by atoms with Crippen molar-refractivity contribution in [3.8, 4) is 0 Å². The van der Waals surface area contributed by atoms with Gasteiger partial charge < -0.3 is 21.3 Å². The minimum atomic E-state index is -0.102. The van der Waals surface area contributed by atoms with Gasteiger partial charge in [-0.2, -0.15) is 0 Å². The smallest absolute Gasteiger partial charge is 0.259 e. The Bertz CT molecular complexity index is 1320. The highest BCUT2D eigenvalue weighted by molar-refractivity contribution is 6.44. The van der Waals surface area contributed by atoms with Crippen LogP contribution in [0, 0.1) is 5.41 Å². The van der Waals surface area contributed by atoms with Crippen molar-refractivity contribution in [1.29, 1.82) is 0 Å². The Balaban J connectivity index is 1.24. The Morgan fingerprint density at radius 1 is 1.00 bits per heavy atom. The Morgan fingerprint density at radius 2 is 1.76 bits per heavy atom. The second-order valence-corrected chi connectivity index (χ2v) is 10.5. The highest BCUT2D eigenvalue weighted by Crippen LogP contribution is 2.51. The van der Waals surface area contributed by atoms with E-state index in [1.165, 1.54) is 11.1 Å². The van der Waals surface area contributed by atoms with Gasteiger partial charge in [-0.05, 0) is 60.1 Å². The first-order chi connectivity index (χ1) is 16.4. The van der Waals surface area contributed by atoms with E-state index in [0.717, 1.165) is 43.6 Å². The molecule has 1 spiro atoms. The number of nitrogens with zero attached hydrogens (tertiary/aromatic N) is 2. The number of benzene rings is 3. The molecule has 5 nitrogen and oxygen atoms in total. The lowest BCUT2D eigenvalue weighted by atomic mass is 9.73. The zero-order chi connectivity index (χ0) is 23.6. The lowest BCUT2D eigenvalue weighted by molar-refractivity contribution is 0.0996. The minimum absolute atomic E-state index is 0.0773. The number of amides is 1. The normalized spacial score (nSPS) is 20.7. The van der Waals surface area contributed by atoms with Crippen LogP contribution >= 0.6 is 23.2 Å². The van der Waals surface area contributed by atoms with E-state index in [-0.39, 0.29) is 17.4 Å². The van der Waals surface area contributed by atoms with Crippen molar-refractivity contribution >= 4 is 46.2 Å². The molecule has 4 N–H and O–H groups in total. The molecule has 2 aliphatic heterocycles. The molecule has 3 aromatic rings. The van der Waals surface area contributed by atoms with Gasteiger partial charge in [0.1, 0.15) is 0 Å². The summed E-state index contributed by atoms with van der Waals surface area (Å²) in [5.74, 6) is -0.102. The number of rotatable bonds is 2. The van der Waals surface area contributed by atoms with Gasteiger partial charge in [0, 0.05) is 41.6 Å². The zero-order valence-corrected chi connectivity index (χ0v) is 20.2. The van der Waals surface area contributed by atoms with Gasteiger partial charge in [-0.1, -0.05) is 53.5 Å². The second-order valence-electron chi connectivity index (χ2n) is 9.73. The molecule has 1 saturated heterocycles. The molecule has 1 atom stereocenters. The van der Waals surface area contributed by atoms with Crippen molar-refractivity contribution in [3.63, 3.8) is 0 Å². The van der Waals surface area contributed by atoms with Gasteiger partial charge in [0.05, 0.1) is 22.3 Å². The van der Waals surface area contributed by atoms with Crippen molar-refractivity contribution in [2.24, 2.45) is 11.1 Å². The van der Waals surface area contributed by atoms with Gasteiger partial charge in [0.25, 0.3) is 5.91 Å². The van der Waals surface area contributed by atoms with E-state index in [2.05, 4.69) is 29.2 Å². The number of hydrogen-bond donors (Lipinski definition) is 2. The molecular weight excluding hydrogens is 467 g/mol. The van der Waals surface area contributed by atoms with Gasteiger partial charge in [0.2, 0.25) is 0 Å². The quantitative estimate of drug-likeness (QED) is 0.457. The standard InChI is InChI=1S/C27H26Cl2N4O/c28-21-6-3-7-23(24(21)29)33-15-20-19(26(33)34)12-17(13-22(20)30)32-10-8-27(9-11-32)14-16-4-1-2-5-18(16)25(27)31/h1-7,12-13,25H,8-11,14-15,30-31H2/t25-/m1/s1. The van der Waals surface area contributed by atoms with E-state index in [9.17, 15) is 4.79 Å². The third-order valence-corrected chi connectivity index (χ3v) is 8.81. The molecule has 2 heterocycles. The molecule has 0 aromatic heterocycles. The van der Waals surface area contributed by atoms with E-state index in [4.69, 9.17) is 34.7 Å². The number of carbonyl (C=O) groups is 1. The SMILES string of the molecule is Nc1cc(N2CCC3(CC2)Cc2ccccc2[C@H]3N)cc2c1CN(c1cccc(Cl)c1Cl)C2=O. The van der Waals surface area contributed by atoms with E-state index < -0.39 is 0 Å². The molecule has 0 saturated carbocycles. The van der Waals surface area contributed by atoms with Crippen LogP contribution in [-0.2, 0) is 13.0 Å². The lowest BCUT2D eigenvalue weighted by Gasteiger charge is -2.43. The Labute approximate surface area is 209 Å². The van der Waals surface area contributed by atoms with Crippen molar-refractivity contribution in [2.75, 3.05) is 28.6 Å². The number of nitrogens with two attached hydrogens (primary N) is 2. The first-order valence-corrected chi connectivity index (χ1v) is 12.4. The molecule has 0 bridgehead atoms. The summed E-state index contributed by atoms with van der Waals surface area (Å²) in [5.41, 5.74) is 19.7. The largest absolute Gasteiger partial charge is 0.398 e. The van der Waals surface area contributed by atoms with Crippen LogP contribution in [0.15, 0.2) is 54.6 Å². The fraction of sp³-hybridized carbons (Fsp3) is 0.296. The number of anilines is 3. The van der Waals surface area contributed by atoms with Crippen LogP contribution in [0.4, 0.5) is 17.1 Å². The third-order valence-electron chi connectivity index (χ3n) is 8.00. The predicted octanol–water partition coefficient (Wildman–Crippen LogP) is 5.58. The molecule has 3 aliphatic rings. The zero-order valence-electron chi connectivity index (χ0n) is 18.7. The molecule has 0 unspecified atom stereocenters. The number of fused-ring (bicyclic) bond motifs is 2. The Hall–Kier alpha value is -2.73. The summed E-state index contributed by atoms with van der Waals surface area (Å²) >= 11 is 12.6. The maximum Gasteiger partial charge on any atom is 0.259 e. The second kappa shape index (κ2) is 7.91. The minimum Gasteiger partial charge on any atom is -0.398 e. The molecule has 1 fully saturated rings. The first kappa shape index (κ1) is 21.8. The lowest BCUT2D eigenvalue weighted by Crippen LogP contribution is -2.44. The van der Waals surface area contributed by atoms with Crippen LogP contribution in [0.1, 0.15) is 45.9 Å². The summed E-state index contributed by atoms with van der Waals surface area (Å²) in [6.07, 6.45) is 3.06. The number of carbonyl (C=O) groups excluding carboxylic acids is 1. The highest BCUT2D eigenvalue weighted by atomic mass is 35.5. The fourth-order valence-electron chi connectivity index (χ4n) is 6.01. The molecule has 1 amide bonds. The van der Waals surface area contributed by atoms with E-state index in [0.29, 0.717) is 33.5 Å². The van der Waals surface area contributed by atoms with Crippen molar-refractivity contribution in [2.45, 2.75) is 31.8 Å². The Kier molecular flexibility index (Phi) is 5.07.